The Labute approximate surface area is 218 Å². The largest absolute Gasteiger partial charge is 0.387 e. The van der Waals surface area contributed by atoms with Crippen LogP contribution in [0.25, 0.3) is 16.9 Å². The Kier molecular flexibility index (Phi) is 7.36. The molecule has 0 aliphatic heterocycles. The summed E-state index contributed by atoms with van der Waals surface area (Å²) >= 11 is 0. The lowest BCUT2D eigenvalue weighted by atomic mass is 10.0. The molecule has 1 aromatic carbocycles. The molecule has 0 saturated heterocycles. The second-order valence-corrected chi connectivity index (χ2v) is 9.14. The maximum Gasteiger partial charge on any atom is 0.255 e. The van der Waals surface area contributed by atoms with Crippen LogP contribution in [0.4, 0.5) is 15.8 Å². The number of hydrogen-bond acceptors (Lipinski definition) is 7. The lowest BCUT2D eigenvalue weighted by Crippen LogP contribution is -2.42. The minimum absolute atomic E-state index is 0.146. The van der Waals surface area contributed by atoms with E-state index in [1.807, 2.05) is 0 Å². The topological polar surface area (TPSA) is 144 Å². The van der Waals surface area contributed by atoms with E-state index in [2.05, 4.69) is 32.1 Å². The number of pyridine rings is 1. The molecule has 0 bridgehead atoms. The molecule has 4 aromatic rings. The molecule has 0 fully saturated rings. The number of halogens is 1. The van der Waals surface area contributed by atoms with Crippen LogP contribution in [0.2, 0.25) is 0 Å². The van der Waals surface area contributed by atoms with Crippen molar-refractivity contribution in [3.05, 3.63) is 77.6 Å². The van der Waals surface area contributed by atoms with Gasteiger partial charge in [-0.25, -0.2) is 8.91 Å². The number of carbonyl (C=O) groups is 2. The van der Waals surface area contributed by atoms with Gasteiger partial charge in [-0.05, 0) is 62.4 Å². The summed E-state index contributed by atoms with van der Waals surface area (Å²) in [6.07, 6.45) is 1.14. The summed E-state index contributed by atoms with van der Waals surface area (Å²) in [4.78, 5) is 29.3. The first-order valence-corrected chi connectivity index (χ1v) is 11.7. The van der Waals surface area contributed by atoms with Crippen LogP contribution in [0.1, 0.15) is 40.1 Å². The number of hydrogen-bond donors (Lipinski definition) is 4. The molecule has 1 unspecified atom stereocenters. The fourth-order valence-electron chi connectivity index (χ4n) is 3.67. The monoisotopic (exact) mass is 515 g/mol. The lowest BCUT2D eigenvalue weighted by molar-refractivity contribution is -0.00177. The highest BCUT2D eigenvalue weighted by Gasteiger charge is 2.27. The van der Waals surface area contributed by atoms with Crippen LogP contribution in [0.15, 0.2) is 60.9 Å². The number of anilines is 2. The van der Waals surface area contributed by atoms with Crippen molar-refractivity contribution in [1.29, 1.82) is 5.26 Å². The lowest BCUT2D eigenvalue weighted by Gasteiger charge is -2.22. The van der Waals surface area contributed by atoms with Gasteiger partial charge in [0.1, 0.15) is 12.2 Å². The highest BCUT2D eigenvalue weighted by Crippen LogP contribution is 2.28. The Morgan fingerprint density at radius 1 is 1.13 bits per heavy atom. The van der Waals surface area contributed by atoms with E-state index in [-0.39, 0.29) is 11.5 Å². The first-order valence-electron chi connectivity index (χ1n) is 11.7. The van der Waals surface area contributed by atoms with Gasteiger partial charge in [0.2, 0.25) is 0 Å². The molecule has 0 aliphatic rings. The summed E-state index contributed by atoms with van der Waals surface area (Å²) in [7, 11) is 1.54. The molecule has 0 aliphatic carbocycles. The molecule has 0 radical (unpaired) electrons. The van der Waals surface area contributed by atoms with Crippen molar-refractivity contribution < 1.29 is 19.1 Å². The number of nitrogens with one attached hydrogen (secondary N) is 3. The Bertz CT molecular complexity index is 1540. The number of aliphatic hydroxyl groups is 1. The molecular weight excluding hydrogens is 489 g/mol. The predicted octanol–water partition coefficient (Wildman–Crippen LogP) is 3.21. The SMILES string of the molecule is CNC(=O)c1ccc(Nc2cc(-c3ccc4cc(C#N)cnn34)ncc2C(=O)NCC(F)C(C)(C)O)cc1. The second-order valence-electron chi connectivity index (χ2n) is 9.14. The summed E-state index contributed by atoms with van der Waals surface area (Å²) < 4.78 is 15.9. The minimum atomic E-state index is -1.68. The van der Waals surface area contributed by atoms with Gasteiger partial charge in [0, 0.05) is 24.5 Å². The number of amides is 2. The van der Waals surface area contributed by atoms with Gasteiger partial charge in [-0.3, -0.25) is 14.6 Å². The Hall–Kier alpha value is -4.82. The third-order valence-electron chi connectivity index (χ3n) is 5.90. The van der Waals surface area contributed by atoms with E-state index < -0.39 is 24.2 Å². The van der Waals surface area contributed by atoms with Crippen molar-refractivity contribution in [3.8, 4) is 17.5 Å². The van der Waals surface area contributed by atoms with Crippen molar-refractivity contribution in [2.24, 2.45) is 0 Å². The second kappa shape index (κ2) is 10.7. The zero-order valence-electron chi connectivity index (χ0n) is 21.0. The number of fused-ring (bicyclic) bond motifs is 1. The molecule has 4 N–H and O–H groups in total. The molecule has 194 valence electrons. The molecule has 11 heteroatoms. The molecule has 0 spiro atoms. The number of aromatic nitrogens is 3. The van der Waals surface area contributed by atoms with E-state index in [4.69, 9.17) is 5.26 Å². The molecule has 2 amide bonds. The van der Waals surface area contributed by atoms with E-state index in [1.165, 1.54) is 26.2 Å². The van der Waals surface area contributed by atoms with Gasteiger partial charge in [-0.1, -0.05) is 0 Å². The van der Waals surface area contributed by atoms with Crippen LogP contribution in [-0.4, -0.2) is 56.9 Å². The summed E-state index contributed by atoms with van der Waals surface area (Å²) in [5, 5.41) is 31.6. The van der Waals surface area contributed by atoms with Gasteiger partial charge < -0.3 is 21.1 Å². The highest BCUT2D eigenvalue weighted by molar-refractivity contribution is 6.01. The molecule has 3 aromatic heterocycles. The first-order chi connectivity index (χ1) is 18.1. The molecule has 1 atom stereocenters. The van der Waals surface area contributed by atoms with Crippen molar-refractivity contribution in [2.45, 2.75) is 25.6 Å². The Morgan fingerprint density at radius 3 is 2.53 bits per heavy atom. The van der Waals surface area contributed by atoms with E-state index in [9.17, 15) is 19.1 Å². The average molecular weight is 516 g/mol. The van der Waals surface area contributed by atoms with Crippen LogP contribution in [0.3, 0.4) is 0 Å². The predicted molar refractivity (Wildman–Crippen MR) is 140 cm³/mol. The normalized spacial score (nSPS) is 12.0. The number of alkyl halides is 1. The van der Waals surface area contributed by atoms with Crippen molar-refractivity contribution in [2.75, 3.05) is 18.9 Å². The third-order valence-corrected chi connectivity index (χ3v) is 5.90. The fourth-order valence-corrected chi connectivity index (χ4v) is 3.67. The standard InChI is InChI=1S/C27H26FN7O3/c1-27(2,38)24(28)15-32-26(37)20-14-31-22(23-9-8-19-10-16(12-29)13-33-35(19)23)11-21(20)34-18-6-4-17(5-7-18)25(36)30-3/h4-11,13-14,24,38H,15H2,1-3H3,(H,30,36)(H,31,34)(H,32,37). The number of nitrogens with zero attached hydrogens (tertiary/aromatic N) is 4. The summed E-state index contributed by atoms with van der Waals surface area (Å²) in [5.41, 5.74) is 2.20. The quantitative estimate of drug-likeness (QED) is 0.282. The minimum Gasteiger partial charge on any atom is -0.387 e. The number of carbonyl (C=O) groups excluding carboxylic acids is 2. The van der Waals surface area contributed by atoms with E-state index >= 15 is 0 Å². The summed E-state index contributed by atoms with van der Waals surface area (Å²) in [5.74, 6) is -0.820. The molecular formula is C27H26FN7O3. The van der Waals surface area contributed by atoms with Gasteiger partial charge in [0.15, 0.2) is 0 Å². The van der Waals surface area contributed by atoms with E-state index in [0.717, 1.165) is 0 Å². The molecule has 3 heterocycles. The average Bonchev–Trinajstić information content (AvgIpc) is 3.34. The van der Waals surface area contributed by atoms with Crippen LogP contribution in [-0.2, 0) is 0 Å². The Balaban J connectivity index is 1.70. The van der Waals surface area contributed by atoms with Gasteiger partial charge >= 0.3 is 0 Å². The van der Waals surface area contributed by atoms with Crippen LogP contribution >= 0.6 is 0 Å². The zero-order valence-corrected chi connectivity index (χ0v) is 21.0. The van der Waals surface area contributed by atoms with E-state index in [0.29, 0.717) is 39.4 Å². The molecule has 38 heavy (non-hydrogen) atoms. The zero-order chi connectivity index (χ0) is 27.4. The van der Waals surface area contributed by atoms with E-state index in [1.54, 1.807) is 60.1 Å². The Morgan fingerprint density at radius 2 is 1.87 bits per heavy atom. The fraction of sp³-hybridized carbons (Fsp3) is 0.222. The van der Waals surface area contributed by atoms with Crippen LogP contribution < -0.4 is 16.0 Å². The van der Waals surface area contributed by atoms with Gasteiger partial charge in [0.05, 0.1) is 52.1 Å². The van der Waals surface area contributed by atoms with Crippen molar-refractivity contribution in [1.82, 2.24) is 25.2 Å². The molecule has 0 saturated carbocycles. The van der Waals surface area contributed by atoms with Gasteiger partial charge in [-0.15, -0.1) is 0 Å². The van der Waals surface area contributed by atoms with Crippen molar-refractivity contribution >= 4 is 28.7 Å². The first kappa shape index (κ1) is 26.2. The van der Waals surface area contributed by atoms with Crippen LogP contribution in [0, 0.1) is 11.3 Å². The maximum absolute atomic E-state index is 14.3. The van der Waals surface area contributed by atoms with Gasteiger partial charge in [0.25, 0.3) is 11.8 Å². The smallest absolute Gasteiger partial charge is 0.255 e. The number of benzene rings is 1. The van der Waals surface area contributed by atoms with Crippen molar-refractivity contribution in [3.63, 3.8) is 0 Å². The van der Waals surface area contributed by atoms with Crippen LogP contribution in [0.5, 0.6) is 0 Å². The summed E-state index contributed by atoms with van der Waals surface area (Å²) in [6, 6.07) is 15.7. The number of nitriles is 1. The third kappa shape index (κ3) is 5.61. The number of rotatable bonds is 8. The molecule has 4 rings (SSSR count). The summed E-state index contributed by atoms with van der Waals surface area (Å²) in [6.45, 7) is 2.26. The maximum atomic E-state index is 14.3. The molecule has 10 nitrogen and oxygen atoms in total. The van der Waals surface area contributed by atoms with Gasteiger partial charge in [-0.2, -0.15) is 10.4 Å². The highest BCUT2D eigenvalue weighted by atomic mass is 19.1.